The summed E-state index contributed by atoms with van der Waals surface area (Å²) >= 11 is 0. The molecular weight excluding hydrogens is 528 g/mol. The lowest BCUT2D eigenvalue weighted by Gasteiger charge is -2.14. The highest BCUT2D eigenvalue weighted by Gasteiger charge is 2.21. The van der Waals surface area contributed by atoms with E-state index in [1.807, 2.05) is 0 Å². The normalized spacial score (nSPS) is 11.6. The molecule has 0 bridgehead atoms. The van der Waals surface area contributed by atoms with Crippen molar-refractivity contribution in [3.8, 4) is 66.8 Å². The zero-order chi connectivity index (χ0) is 29.0. The molecule has 0 heteroatoms. The van der Waals surface area contributed by atoms with Crippen molar-refractivity contribution in [1.29, 1.82) is 0 Å². The Morgan fingerprint density at radius 3 is 1.45 bits per heavy atom. The minimum Gasteiger partial charge on any atom is -0.0622 e. The SMILES string of the molecule is c1ccc(-c2ccc(-c3cccc(-c4cccc(-c5cc6c7c(cccc7c5)-c5ccccc5-6)c4)c3)c3ccccc23)cc1. The summed E-state index contributed by atoms with van der Waals surface area (Å²) in [5.74, 6) is 0. The van der Waals surface area contributed by atoms with Crippen LogP contribution in [0, 0.1) is 0 Å². The summed E-state index contributed by atoms with van der Waals surface area (Å²) in [5, 5.41) is 5.21. The lowest BCUT2D eigenvalue weighted by atomic mass is 9.90. The van der Waals surface area contributed by atoms with E-state index in [2.05, 4.69) is 170 Å². The number of hydrogen-bond acceptors (Lipinski definition) is 0. The van der Waals surface area contributed by atoms with Crippen molar-refractivity contribution in [2.75, 3.05) is 0 Å². The summed E-state index contributed by atoms with van der Waals surface area (Å²) in [4.78, 5) is 0. The average Bonchev–Trinajstić information content (AvgIpc) is 3.43. The van der Waals surface area contributed by atoms with Crippen LogP contribution in [0.15, 0.2) is 170 Å². The highest BCUT2D eigenvalue weighted by Crippen LogP contribution is 2.48. The zero-order valence-electron chi connectivity index (χ0n) is 24.2. The van der Waals surface area contributed by atoms with Gasteiger partial charge in [0.2, 0.25) is 0 Å². The second kappa shape index (κ2) is 9.93. The van der Waals surface area contributed by atoms with Crippen LogP contribution in [-0.4, -0.2) is 0 Å². The highest BCUT2D eigenvalue weighted by molar-refractivity contribution is 6.16. The third kappa shape index (κ3) is 3.92. The highest BCUT2D eigenvalue weighted by atomic mass is 14.2. The van der Waals surface area contributed by atoms with E-state index in [4.69, 9.17) is 0 Å². The molecule has 0 heterocycles. The molecule has 0 spiro atoms. The van der Waals surface area contributed by atoms with Crippen molar-refractivity contribution >= 4 is 21.5 Å². The first kappa shape index (κ1) is 24.8. The molecule has 0 aliphatic heterocycles. The molecule has 8 aromatic carbocycles. The van der Waals surface area contributed by atoms with Gasteiger partial charge in [-0.2, -0.15) is 0 Å². The molecule has 204 valence electrons. The van der Waals surface area contributed by atoms with Crippen molar-refractivity contribution in [2.45, 2.75) is 0 Å². The van der Waals surface area contributed by atoms with Crippen LogP contribution in [0.4, 0.5) is 0 Å². The van der Waals surface area contributed by atoms with Crippen LogP contribution < -0.4 is 0 Å². The Morgan fingerprint density at radius 2 is 0.727 bits per heavy atom. The average molecular weight is 557 g/mol. The van der Waals surface area contributed by atoms with E-state index in [1.54, 1.807) is 0 Å². The van der Waals surface area contributed by atoms with Crippen LogP contribution in [0.2, 0.25) is 0 Å². The Balaban J connectivity index is 1.14. The maximum Gasteiger partial charge on any atom is -0.00259 e. The van der Waals surface area contributed by atoms with Gasteiger partial charge >= 0.3 is 0 Å². The van der Waals surface area contributed by atoms with Gasteiger partial charge in [-0.25, -0.2) is 0 Å². The number of hydrogen-bond donors (Lipinski definition) is 0. The maximum absolute atomic E-state index is 2.38. The molecule has 1 aliphatic rings. The molecule has 0 atom stereocenters. The Labute approximate surface area is 257 Å². The molecule has 9 rings (SSSR count). The third-order valence-corrected chi connectivity index (χ3v) is 9.20. The van der Waals surface area contributed by atoms with Gasteiger partial charge in [0.1, 0.15) is 0 Å². The fourth-order valence-corrected chi connectivity index (χ4v) is 7.15. The van der Waals surface area contributed by atoms with Crippen molar-refractivity contribution in [3.05, 3.63) is 170 Å². The number of benzene rings is 8. The summed E-state index contributed by atoms with van der Waals surface area (Å²) in [6.45, 7) is 0. The van der Waals surface area contributed by atoms with Gasteiger partial charge < -0.3 is 0 Å². The molecule has 0 aromatic heterocycles. The topological polar surface area (TPSA) is 0 Å². The molecule has 0 N–H and O–H groups in total. The second-order valence-electron chi connectivity index (χ2n) is 11.7. The predicted molar refractivity (Wildman–Crippen MR) is 188 cm³/mol. The number of fused-ring (bicyclic) bond motifs is 4. The van der Waals surface area contributed by atoms with E-state index in [0.29, 0.717) is 0 Å². The fourth-order valence-electron chi connectivity index (χ4n) is 7.15. The van der Waals surface area contributed by atoms with Crippen LogP contribution in [0.3, 0.4) is 0 Å². The van der Waals surface area contributed by atoms with Gasteiger partial charge in [-0.3, -0.25) is 0 Å². The van der Waals surface area contributed by atoms with Gasteiger partial charge in [0, 0.05) is 0 Å². The summed E-state index contributed by atoms with van der Waals surface area (Å²) in [6.07, 6.45) is 0. The van der Waals surface area contributed by atoms with E-state index in [0.717, 1.165) is 0 Å². The Morgan fingerprint density at radius 1 is 0.227 bits per heavy atom. The van der Waals surface area contributed by atoms with Gasteiger partial charge in [0.25, 0.3) is 0 Å². The summed E-state index contributed by atoms with van der Waals surface area (Å²) < 4.78 is 0. The van der Waals surface area contributed by atoms with Gasteiger partial charge in [-0.15, -0.1) is 0 Å². The van der Waals surface area contributed by atoms with Gasteiger partial charge in [0.05, 0.1) is 0 Å². The quantitative estimate of drug-likeness (QED) is 0.202. The second-order valence-corrected chi connectivity index (χ2v) is 11.7. The van der Waals surface area contributed by atoms with Crippen molar-refractivity contribution in [3.63, 3.8) is 0 Å². The first-order valence-electron chi connectivity index (χ1n) is 15.3. The first-order chi connectivity index (χ1) is 21.8. The molecule has 0 amide bonds. The summed E-state index contributed by atoms with van der Waals surface area (Å²) in [6, 6.07) is 62.2. The van der Waals surface area contributed by atoms with Gasteiger partial charge in [-0.05, 0) is 113 Å². The Kier molecular flexibility index (Phi) is 5.61. The van der Waals surface area contributed by atoms with Gasteiger partial charge in [-0.1, -0.05) is 146 Å². The fraction of sp³-hybridized carbons (Fsp3) is 0. The van der Waals surface area contributed by atoms with E-state index in [-0.39, 0.29) is 0 Å². The monoisotopic (exact) mass is 556 g/mol. The standard InChI is InChI=1S/C44H28/c1-2-11-29(12-3-1)36-23-24-37(39-19-5-4-18-38(36)39)33-16-9-14-31(26-33)30-13-8-15-32(25-30)35-27-34-17-10-22-42-40-20-6-7-21-41(40)43(28-35)44(34)42/h1-28H. The van der Waals surface area contributed by atoms with E-state index in [9.17, 15) is 0 Å². The Hall–Kier alpha value is -5.72. The number of rotatable bonds is 4. The van der Waals surface area contributed by atoms with Crippen molar-refractivity contribution < 1.29 is 0 Å². The van der Waals surface area contributed by atoms with E-state index in [1.165, 1.54) is 88.3 Å². The smallest absolute Gasteiger partial charge is 0.00259 e. The minimum atomic E-state index is 1.22. The molecule has 0 radical (unpaired) electrons. The van der Waals surface area contributed by atoms with Crippen LogP contribution >= 0.6 is 0 Å². The molecule has 0 saturated carbocycles. The lowest BCUT2D eigenvalue weighted by Crippen LogP contribution is -1.87. The Bertz CT molecular complexity index is 2380. The van der Waals surface area contributed by atoms with Crippen molar-refractivity contribution in [1.82, 2.24) is 0 Å². The first-order valence-corrected chi connectivity index (χ1v) is 15.3. The molecule has 0 nitrogen and oxygen atoms in total. The van der Waals surface area contributed by atoms with E-state index >= 15 is 0 Å². The molecule has 44 heavy (non-hydrogen) atoms. The molecular formula is C44H28. The minimum absolute atomic E-state index is 1.22. The van der Waals surface area contributed by atoms with Crippen LogP contribution in [0.5, 0.6) is 0 Å². The van der Waals surface area contributed by atoms with E-state index < -0.39 is 0 Å². The maximum atomic E-state index is 2.38. The van der Waals surface area contributed by atoms with Crippen molar-refractivity contribution in [2.24, 2.45) is 0 Å². The lowest BCUT2D eigenvalue weighted by molar-refractivity contribution is 1.58. The zero-order valence-corrected chi connectivity index (χ0v) is 24.2. The summed E-state index contributed by atoms with van der Waals surface area (Å²) in [5.41, 5.74) is 15.3. The summed E-state index contributed by atoms with van der Waals surface area (Å²) in [7, 11) is 0. The third-order valence-electron chi connectivity index (χ3n) is 9.20. The molecule has 0 unspecified atom stereocenters. The largest absolute Gasteiger partial charge is 0.0622 e. The molecule has 1 aliphatic carbocycles. The van der Waals surface area contributed by atoms with Crippen LogP contribution in [0.25, 0.3) is 88.3 Å². The molecule has 0 fully saturated rings. The van der Waals surface area contributed by atoms with Crippen LogP contribution in [0.1, 0.15) is 0 Å². The van der Waals surface area contributed by atoms with Crippen LogP contribution in [-0.2, 0) is 0 Å². The van der Waals surface area contributed by atoms with Gasteiger partial charge in [0.15, 0.2) is 0 Å². The molecule has 8 aromatic rings. The predicted octanol–water partition coefficient (Wildman–Crippen LogP) is 12.3. The molecule has 0 saturated heterocycles.